The molecule has 1 aliphatic rings. The van der Waals surface area contributed by atoms with Gasteiger partial charge in [-0.05, 0) is 91.0 Å². The lowest BCUT2D eigenvalue weighted by atomic mass is 9.77. The summed E-state index contributed by atoms with van der Waals surface area (Å²) < 4.78 is 20.6. The molecule has 0 N–H and O–H groups in total. The third kappa shape index (κ3) is 6.60. The fraction of sp³-hybridized carbons (Fsp3) is 0.406. The van der Waals surface area contributed by atoms with Crippen LogP contribution in [0.2, 0.25) is 0 Å². The standard InChI is InChI=1S/C32H37FO2/c1-3-5-7-24-8-12-25(13-9-24)28-18-21-30(31(33)22-28)26-14-16-27(17-15-26)32(34)35-29-19-10-23(6-4-2)11-20-29/h10-11,14-22,24-25H,3-9,12-13H2,1-2H3. The molecule has 2 nitrogen and oxygen atoms in total. The van der Waals surface area contributed by atoms with E-state index in [1.165, 1.54) is 37.7 Å². The molecule has 3 aromatic carbocycles. The molecular formula is C32H37FO2. The van der Waals surface area contributed by atoms with E-state index in [0.717, 1.165) is 42.7 Å². The van der Waals surface area contributed by atoms with Crippen LogP contribution in [0.4, 0.5) is 4.39 Å². The molecule has 0 heterocycles. The van der Waals surface area contributed by atoms with Gasteiger partial charge in [-0.15, -0.1) is 0 Å². The van der Waals surface area contributed by atoms with Crippen molar-refractivity contribution in [3.63, 3.8) is 0 Å². The molecule has 0 atom stereocenters. The molecule has 1 fully saturated rings. The molecule has 0 spiro atoms. The number of esters is 1. The van der Waals surface area contributed by atoms with Gasteiger partial charge in [0, 0.05) is 5.56 Å². The predicted octanol–water partition coefficient (Wildman–Crippen LogP) is 9.13. The zero-order valence-corrected chi connectivity index (χ0v) is 21.1. The summed E-state index contributed by atoms with van der Waals surface area (Å²) in [4.78, 5) is 12.5. The number of hydrogen-bond acceptors (Lipinski definition) is 2. The molecule has 35 heavy (non-hydrogen) atoms. The Kier molecular flexibility index (Phi) is 8.74. The van der Waals surface area contributed by atoms with Crippen LogP contribution in [0.3, 0.4) is 0 Å². The Balaban J connectivity index is 1.37. The van der Waals surface area contributed by atoms with Crippen LogP contribution in [0.5, 0.6) is 5.75 Å². The smallest absolute Gasteiger partial charge is 0.343 e. The van der Waals surface area contributed by atoms with Crippen molar-refractivity contribution in [2.75, 3.05) is 0 Å². The SMILES string of the molecule is CCCCC1CCC(c2ccc(-c3ccc(C(=O)Oc4ccc(CCC)cc4)cc3)c(F)c2)CC1. The predicted molar refractivity (Wildman–Crippen MR) is 141 cm³/mol. The number of aryl methyl sites for hydroxylation is 1. The highest BCUT2D eigenvalue weighted by Crippen LogP contribution is 2.38. The van der Waals surface area contributed by atoms with Crippen LogP contribution in [-0.4, -0.2) is 5.97 Å². The summed E-state index contributed by atoms with van der Waals surface area (Å²) in [6, 6.07) is 20.3. The molecule has 184 valence electrons. The van der Waals surface area contributed by atoms with Crippen LogP contribution in [0.15, 0.2) is 66.7 Å². The Labute approximate surface area is 209 Å². The first-order valence-corrected chi connectivity index (χ1v) is 13.3. The third-order valence-electron chi connectivity index (χ3n) is 7.38. The van der Waals surface area contributed by atoms with E-state index in [0.29, 0.717) is 22.8 Å². The molecule has 0 bridgehead atoms. The Morgan fingerprint density at radius 3 is 2.23 bits per heavy atom. The summed E-state index contributed by atoms with van der Waals surface area (Å²) >= 11 is 0. The van der Waals surface area contributed by atoms with Gasteiger partial charge in [0.2, 0.25) is 0 Å². The van der Waals surface area contributed by atoms with Crippen molar-refractivity contribution in [3.8, 4) is 16.9 Å². The van der Waals surface area contributed by atoms with Crippen LogP contribution >= 0.6 is 0 Å². The maximum atomic E-state index is 15.1. The normalized spacial score (nSPS) is 17.8. The second-order valence-electron chi connectivity index (χ2n) is 9.96. The second-order valence-corrected chi connectivity index (χ2v) is 9.96. The van der Waals surface area contributed by atoms with E-state index in [1.807, 2.05) is 30.3 Å². The molecule has 3 heteroatoms. The Bertz CT molecular complexity index is 1090. The quantitative estimate of drug-likeness (QED) is 0.229. The van der Waals surface area contributed by atoms with E-state index in [9.17, 15) is 4.79 Å². The molecule has 1 saturated carbocycles. The summed E-state index contributed by atoms with van der Waals surface area (Å²) in [7, 11) is 0. The highest BCUT2D eigenvalue weighted by molar-refractivity contribution is 5.91. The third-order valence-corrected chi connectivity index (χ3v) is 7.38. The van der Waals surface area contributed by atoms with Crippen LogP contribution < -0.4 is 4.74 Å². The highest BCUT2D eigenvalue weighted by atomic mass is 19.1. The maximum Gasteiger partial charge on any atom is 0.343 e. The van der Waals surface area contributed by atoms with Crippen molar-refractivity contribution >= 4 is 5.97 Å². The summed E-state index contributed by atoms with van der Waals surface area (Å²) in [5.74, 6) is 1.23. The summed E-state index contributed by atoms with van der Waals surface area (Å²) in [5.41, 5.74) is 4.12. The van der Waals surface area contributed by atoms with Crippen molar-refractivity contribution < 1.29 is 13.9 Å². The lowest BCUT2D eigenvalue weighted by molar-refractivity contribution is 0.0734. The van der Waals surface area contributed by atoms with Gasteiger partial charge in [-0.1, -0.05) is 75.9 Å². The first-order chi connectivity index (χ1) is 17.1. The van der Waals surface area contributed by atoms with Crippen molar-refractivity contribution in [3.05, 3.63) is 89.2 Å². The van der Waals surface area contributed by atoms with E-state index in [2.05, 4.69) is 19.9 Å². The number of benzene rings is 3. The van der Waals surface area contributed by atoms with Crippen LogP contribution in [0.25, 0.3) is 11.1 Å². The lowest BCUT2D eigenvalue weighted by Crippen LogP contribution is -2.13. The van der Waals surface area contributed by atoms with Crippen LogP contribution in [0, 0.1) is 11.7 Å². The topological polar surface area (TPSA) is 26.3 Å². The zero-order valence-electron chi connectivity index (χ0n) is 21.1. The number of ether oxygens (including phenoxy) is 1. The van der Waals surface area contributed by atoms with Crippen LogP contribution in [-0.2, 0) is 6.42 Å². The van der Waals surface area contributed by atoms with E-state index < -0.39 is 5.97 Å². The fourth-order valence-corrected chi connectivity index (χ4v) is 5.26. The van der Waals surface area contributed by atoms with Crippen molar-refractivity contribution in [2.24, 2.45) is 5.92 Å². The molecule has 0 radical (unpaired) electrons. The van der Waals surface area contributed by atoms with Crippen LogP contribution in [0.1, 0.15) is 92.6 Å². The van der Waals surface area contributed by atoms with Crippen molar-refractivity contribution in [2.45, 2.75) is 77.6 Å². The van der Waals surface area contributed by atoms with Gasteiger partial charge in [0.25, 0.3) is 0 Å². The molecule has 3 aromatic rings. The van der Waals surface area contributed by atoms with Gasteiger partial charge in [0.05, 0.1) is 5.56 Å². The number of carbonyl (C=O) groups is 1. The van der Waals surface area contributed by atoms with Crippen molar-refractivity contribution in [1.29, 1.82) is 0 Å². The molecule has 0 aliphatic heterocycles. The summed E-state index contributed by atoms with van der Waals surface area (Å²) in [5, 5.41) is 0. The first kappa shape index (κ1) is 25.2. The average Bonchev–Trinajstić information content (AvgIpc) is 2.89. The summed E-state index contributed by atoms with van der Waals surface area (Å²) in [6.07, 6.45) is 10.8. The first-order valence-electron chi connectivity index (χ1n) is 13.3. The van der Waals surface area contributed by atoms with E-state index >= 15 is 4.39 Å². The fourth-order valence-electron chi connectivity index (χ4n) is 5.26. The summed E-state index contributed by atoms with van der Waals surface area (Å²) in [6.45, 7) is 4.39. The molecule has 0 aromatic heterocycles. The number of halogens is 1. The molecule has 4 rings (SSSR count). The van der Waals surface area contributed by atoms with Crippen molar-refractivity contribution in [1.82, 2.24) is 0 Å². The molecule has 0 unspecified atom stereocenters. The number of hydrogen-bond donors (Lipinski definition) is 0. The highest BCUT2D eigenvalue weighted by Gasteiger charge is 2.23. The minimum atomic E-state index is -0.412. The minimum absolute atomic E-state index is 0.196. The van der Waals surface area contributed by atoms with Gasteiger partial charge in [-0.25, -0.2) is 9.18 Å². The number of rotatable bonds is 9. The van der Waals surface area contributed by atoms with Gasteiger partial charge in [-0.3, -0.25) is 0 Å². The van der Waals surface area contributed by atoms with Gasteiger partial charge >= 0.3 is 5.97 Å². The average molecular weight is 473 g/mol. The molecule has 0 saturated heterocycles. The monoisotopic (exact) mass is 472 g/mol. The zero-order chi connectivity index (χ0) is 24.6. The van der Waals surface area contributed by atoms with E-state index in [4.69, 9.17) is 4.74 Å². The number of unbranched alkanes of at least 4 members (excludes halogenated alkanes) is 1. The largest absolute Gasteiger partial charge is 0.423 e. The lowest BCUT2D eigenvalue weighted by Gasteiger charge is -2.29. The second kappa shape index (κ2) is 12.2. The van der Waals surface area contributed by atoms with E-state index in [-0.39, 0.29) is 5.82 Å². The minimum Gasteiger partial charge on any atom is -0.423 e. The Hall–Kier alpha value is -2.94. The maximum absolute atomic E-state index is 15.1. The van der Waals surface area contributed by atoms with E-state index in [1.54, 1.807) is 30.3 Å². The molecule has 1 aliphatic carbocycles. The molecular weight excluding hydrogens is 435 g/mol. The molecule has 0 amide bonds. The van der Waals surface area contributed by atoms with Gasteiger partial charge in [0.1, 0.15) is 11.6 Å². The Morgan fingerprint density at radius 1 is 0.886 bits per heavy atom. The van der Waals surface area contributed by atoms with Gasteiger partial charge < -0.3 is 4.74 Å². The van der Waals surface area contributed by atoms with Gasteiger partial charge in [0.15, 0.2) is 0 Å². The number of carbonyl (C=O) groups excluding carboxylic acids is 1. The van der Waals surface area contributed by atoms with Gasteiger partial charge in [-0.2, -0.15) is 0 Å². The Morgan fingerprint density at radius 2 is 1.60 bits per heavy atom.